The molecule has 0 amide bonds. The number of nitrogens with zero attached hydrogens (tertiary/aromatic N) is 1. The minimum Gasteiger partial charge on any atom is -0.384 e. The summed E-state index contributed by atoms with van der Waals surface area (Å²) in [5.41, 5.74) is 6.45. The first-order valence-electron chi connectivity index (χ1n) is 5.98. The molecule has 3 heteroatoms. The maximum Gasteiger partial charge on any atom is 0.104 e. The van der Waals surface area contributed by atoms with Crippen LogP contribution in [0.25, 0.3) is 10.9 Å². The fourth-order valence-corrected chi connectivity index (χ4v) is 2.24. The Morgan fingerprint density at radius 2 is 2.06 bits per heavy atom. The van der Waals surface area contributed by atoms with Crippen LogP contribution in [0.2, 0.25) is 0 Å². The maximum atomic E-state index is 10.6. The zero-order valence-electron chi connectivity index (χ0n) is 10.1. The first kappa shape index (κ1) is 12.0. The summed E-state index contributed by atoms with van der Waals surface area (Å²) in [6.45, 7) is 2.26. The van der Waals surface area contributed by atoms with Gasteiger partial charge in [0.25, 0.3) is 0 Å². The largest absolute Gasteiger partial charge is 0.384 e. The number of hydrogen-bond donors (Lipinski definition) is 2. The summed E-state index contributed by atoms with van der Waals surface area (Å²) in [6, 6.07) is 9.74. The van der Waals surface area contributed by atoms with Crippen molar-refractivity contribution in [3.63, 3.8) is 0 Å². The minimum atomic E-state index is -0.970. The lowest BCUT2D eigenvalue weighted by Gasteiger charge is -2.27. The van der Waals surface area contributed by atoms with Crippen LogP contribution in [0.3, 0.4) is 0 Å². The highest BCUT2D eigenvalue weighted by atomic mass is 16.3. The second-order valence-electron chi connectivity index (χ2n) is 4.37. The van der Waals surface area contributed by atoms with Gasteiger partial charge in [-0.15, -0.1) is 0 Å². The quantitative estimate of drug-likeness (QED) is 0.846. The van der Waals surface area contributed by atoms with Crippen molar-refractivity contribution in [1.29, 1.82) is 0 Å². The Morgan fingerprint density at radius 1 is 1.29 bits per heavy atom. The smallest absolute Gasteiger partial charge is 0.104 e. The highest BCUT2D eigenvalue weighted by Crippen LogP contribution is 2.30. The van der Waals surface area contributed by atoms with Gasteiger partial charge >= 0.3 is 0 Å². The minimum absolute atomic E-state index is 0.219. The highest BCUT2D eigenvalue weighted by Gasteiger charge is 2.28. The molecule has 0 saturated carbocycles. The predicted octanol–water partition coefficient (Wildman–Crippen LogP) is 2.18. The topological polar surface area (TPSA) is 59.1 Å². The van der Waals surface area contributed by atoms with Crippen LogP contribution in [-0.2, 0) is 5.60 Å². The third-order valence-corrected chi connectivity index (χ3v) is 3.14. The van der Waals surface area contributed by atoms with Crippen molar-refractivity contribution in [2.75, 3.05) is 6.54 Å². The van der Waals surface area contributed by atoms with Crippen LogP contribution >= 0.6 is 0 Å². The maximum absolute atomic E-state index is 10.6. The first-order valence-corrected chi connectivity index (χ1v) is 5.98. The van der Waals surface area contributed by atoms with Crippen molar-refractivity contribution in [2.24, 2.45) is 5.73 Å². The number of nitrogens with two attached hydrogens (primary N) is 1. The third kappa shape index (κ3) is 2.16. The van der Waals surface area contributed by atoms with E-state index in [9.17, 15) is 5.11 Å². The summed E-state index contributed by atoms with van der Waals surface area (Å²) in [6.07, 6.45) is 3.28. The van der Waals surface area contributed by atoms with Crippen molar-refractivity contribution in [3.8, 4) is 0 Å². The molecule has 0 aliphatic heterocycles. The van der Waals surface area contributed by atoms with Crippen molar-refractivity contribution in [2.45, 2.75) is 25.4 Å². The molecule has 0 fully saturated rings. The molecule has 90 valence electrons. The van der Waals surface area contributed by atoms with E-state index in [1.165, 1.54) is 0 Å². The number of benzene rings is 1. The summed E-state index contributed by atoms with van der Waals surface area (Å²) in [7, 11) is 0. The van der Waals surface area contributed by atoms with Gasteiger partial charge in [0, 0.05) is 23.7 Å². The predicted molar refractivity (Wildman–Crippen MR) is 69.6 cm³/mol. The SMILES string of the molecule is CCCC(O)(CN)c1cccc2cccnc12. The second-order valence-corrected chi connectivity index (χ2v) is 4.37. The van der Waals surface area contributed by atoms with E-state index in [1.807, 2.05) is 37.3 Å². The molecular weight excluding hydrogens is 212 g/mol. The monoisotopic (exact) mass is 230 g/mol. The Labute approximate surface area is 101 Å². The van der Waals surface area contributed by atoms with Gasteiger partial charge in [0.2, 0.25) is 0 Å². The molecule has 0 saturated heterocycles. The van der Waals surface area contributed by atoms with Gasteiger partial charge in [-0.25, -0.2) is 0 Å². The van der Waals surface area contributed by atoms with E-state index in [-0.39, 0.29) is 6.54 Å². The van der Waals surface area contributed by atoms with Crippen molar-refractivity contribution >= 4 is 10.9 Å². The molecule has 3 nitrogen and oxygen atoms in total. The molecule has 1 unspecified atom stereocenters. The molecule has 1 heterocycles. The molecule has 3 N–H and O–H groups in total. The molecule has 0 aliphatic rings. The average molecular weight is 230 g/mol. The lowest BCUT2D eigenvalue weighted by molar-refractivity contribution is 0.0372. The van der Waals surface area contributed by atoms with Gasteiger partial charge in [0.05, 0.1) is 5.52 Å². The summed E-state index contributed by atoms with van der Waals surface area (Å²) in [4.78, 5) is 4.36. The molecule has 0 radical (unpaired) electrons. The number of fused-ring (bicyclic) bond motifs is 1. The fraction of sp³-hybridized carbons (Fsp3) is 0.357. The molecular formula is C14H18N2O. The fourth-order valence-electron chi connectivity index (χ4n) is 2.24. The van der Waals surface area contributed by atoms with Crippen LogP contribution in [0.1, 0.15) is 25.3 Å². The van der Waals surface area contributed by atoms with E-state index in [2.05, 4.69) is 4.98 Å². The van der Waals surface area contributed by atoms with E-state index in [0.717, 1.165) is 22.9 Å². The molecule has 0 aliphatic carbocycles. The van der Waals surface area contributed by atoms with Gasteiger partial charge in [-0.1, -0.05) is 37.6 Å². The van der Waals surface area contributed by atoms with E-state index >= 15 is 0 Å². The molecule has 2 rings (SSSR count). The lowest BCUT2D eigenvalue weighted by atomic mass is 9.88. The molecule has 1 atom stereocenters. The van der Waals surface area contributed by atoms with Crippen LogP contribution in [0, 0.1) is 0 Å². The van der Waals surface area contributed by atoms with E-state index < -0.39 is 5.60 Å². The van der Waals surface area contributed by atoms with Crippen LogP contribution in [0.4, 0.5) is 0 Å². The van der Waals surface area contributed by atoms with Crippen molar-refractivity contribution in [3.05, 3.63) is 42.1 Å². The molecule has 2 aromatic rings. The van der Waals surface area contributed by atoms with Gasteiger partial charge < -0.3 is 10.8 Å². The van der Waals surface area contributed by atoms with E-state index in [4.69, 9.17) is 5.73 Å². The summed E-state index contributed by atoms with van der Waals surface area (Å²) >= 11 is 0. The number of pyridine rings is 1. The number of aliphatic hydroxyl groups is 1. The Balaban J connectivity index is 2.61. The lowest BCUT2D eigenvalue weighted by Crippen LogP contribution is -2.35. The average Bonchev–Trinajstić information content (AvgIpc) is 2.38. The molecule has 1 aromatic carbocycles. The Kier molecular flexibility index (Phi) is 3.41. The number of rotatable bonds is 4. The Morgan fingerprint density at radius 3 is 2.76 bits per heavy atom. The van der Waals surface area contributed by atoms with Crippen LogP contribution in [0.5, 0.6) is 0 Å². The first-order chi connectivity index (χ1) is 8.21. The van der Waals surface area contributed by atoms with Crippen molar-refractivity contribution in [1.82, 2.24) is 4.98 Å². The van der Waals surface area contributed by atoms with Crippen LogP contribution in [0.15, 0.2) is 36.5 Å². The summed E-state index contributed by atoms with van der Waals surface area (Å²) in [5.74, 6) is 0. The standard InChI is InChI=1S/C14H18N2O/c1-2-8-14(17,10-15)12-7-3-5-11-6-4-9-16-13(11)12/h3-7,9,17H,2,8,10,15H2,1H3. The number of hydrogen-bond acceptors (Lipinski definition) is 3. The van der Waals surface area contributed by atoms with E-state index in [0.29, 0.717) is 6.42 Å². The normalized spacial score (nSPS) is 14.8. The highest BCUT2D eigenvalue weighted by molar-refractivity contribution is 5.82. The zero-order chi connectivity index (χ0) is 12.3. The summed E-state index contributed by atoms with van der Waals surface area (Å²) in [5, 5.41) is 11.7. The van der Waals surface area contributed by atoms with Gasteiger partial charge in [-0.2, -0.15) is 0 Å². The Bertz CT molecular complexity index is 507. The van der Waals surface area contributed by atoms with Crippen LogP contribution < -0.4 is 5.73 Å². The zero-order valence-corrected chi connectivity index (χ0v) is 10.1. The van der Waals surface area contributed by atoms with Gasteiger partial charge in [-0.3, -0.25) is 4.98 Å². The van der Waals surface area contributed by atoms with Gasteiger partial charge in [-0.05, 0) is 12.5 Å². The Hall–Kier alpha value is -1.45. The number of para-hydroxylation sites is 1. The molecule has 0 bridgehead atoms. The van der Waals surface area contributed by atoms with Gasteiger partial charge in [0.15, 0.2) is 0 Å². The number of aromatic nitrogens is 1. The molecule has 0 spiro atoms. The van der Waals surface area contributed by atoms with E-state index in [1.54, 1.807) is 6.20 Å². The van der Waals surface area contributed by atoms with Crippen LogP contribution in [-0.4, -0.2) is 16.6 Å². The summed E-state index contributed by atoms with van der Waals surface area (Å²) < 4.78 is 0. The second kappa shape index (κ2) is 4.82. The molecule has 1 aromatic heterocycles. The molecule has 17 heavy (non-hydrogen) atoms. The third-order valence-electron chi connectivity index (χ3n) is 3.14. The van der Waals surface area contributed by atoms with Crippen molar-refractivity contribution < 1.29 is 5.11 Å². The van der Waals surface area contributed by atoms with Gasteiger partial charge in [0.1, 0.15) is 5.60 Å².